The summed E-state index contributed by atoms with van der Waals surface area (Å²) in [5.41, 5.74) is 7.38. The molecule has 108 valence electrons. The molecule has 0 saturated carbocycles. The molecule has 2 rings (SSSR count). The molecule has 1 amide bonds. The van der Waals surface area contributed by atoms with Gasteiger partial charge >= 0.3 is 0 Å². The number of nitrogens with two attached hydrogens (primary N) is 1. The molecule has 0 unspecified atom stereocenters. The third kappa shape index (κ3) is 3.37. The molecule has 5 nitrogen and oxygen atoms in total. The Kier molecular flexibility index (Phi) is 5.73. The predicted molar refractivity (Wildman–Crippen MR) is 79.9 cm³/mol. The molecule has 0 radical (unpaired) electrons. The molecular formula is C14H18ClN3O2. The second-order valence-electron chi connectivity index (χ2n) is 4.44. The van der Waals surface area contributed by atoms with Crippen LogP contribution in [-0.4, -0.2) is 23.7 Å². The molecule has 0 fully saturated rings. The van der Waals surface area contributed by atoms with Crippen molar-refractivity contribution in [1.82, 2.24) is 10.5 Å². The Morgan fingerprint density at radius 3 is 2.65 bits per heavy atom. The van der Waals surface area contributed by atoms with Gasteiger partial charge in [-0.2, -0.15) is 0 Å². The molecule has 3 N–H and O–H groups in total. The van der Waals surface area contributed by atoms with Crippen molar-refractivity contribution in [3.63, 3.8) is 0 Å². The number of carbonyl (C=O) groups excluding carboxylic acids is 1. The molecule has 0 spiro atoms. The number of aromatic nitrogens is 1. The highest BCUT2D eigenvalue weighted by Crippen LogP contribution is 2.24. The number of hydrogen-bond acceptors (Lipinski definition) is 4. The highest BCUT2D eigenvalue weighted by atomic mass is 35.5. The normalized spacial score (nSPS) is 11.6. The van der Waals surface area contributed by atoms with Crippen molar-refractivity contribution < 1.29 is 9.32 Å². The lowest BCUT2D eigenvalue weighted by Gasteiger charge is -2.11. The Bertz CT molecular complexity index is 569. The van der Waals surface area contributed by atoms with Gasteiger partial charge in [-0.1, -0.05) is 35.5 Å². The summed E-state index contributed by atoms with van der Waals surface area (Å²) >= 11 is 0. The highest BCUT2D eigenvalue weighted by Gasteiger charge is 2.22. The van der Waals surface area contributed by atoms with Gasteiger partial charge in [-0.25, -0.2) is 0 Å². The maximum atomic E-state index is 12.2. The standard InChI is InChI=1S/C14H17N3O2.ClH/c1-9(8-15)16-14(18)12-10(2)19-17-13(12)11-6-4-3-5-7-11;/h3-7,9H,8,15H2,1-2H3,(H,16,18);1H/t9-;/m0./s1. The van der Waals surface area contributed by atoms with E-state index in [9.17, 15) is 4.79 Å². The molecule has 20 heavy (non-hydrogen) atoms. The minimum atomic E-state index is -0.212. The first-order valence-electron chi connectivity index (χ1n) is 6.16. The molecule has 2 aromatic rings. The fraction of sp³-hybridized carbons (Fsp3) is 0.286. The lowest BCUT2D eigenvalue weighted by atomic mass is 10.1. The van der Waals surface area contributed by atoms with E-state index in [-0.39, 0.29) is 24.4 Å². The number of amides is 1. The quantitative estimate of drug-likeness (QED) is 0.905. The van der Waals surface area contributed by atoms with Crippen molar-refractivity contribution in [1.29, 1.82) is 0 Å². The van der Waals surface area contributed by atoms with Crippen molar-refractivity contribution in [2.45, 2.75) is 19.9 Å². The fourth-order valence-electron chi connectivity index (χ4n) is 1.79. The Morgan fingerprint density at radius 2 is 2.05 bits per heavy atom. The highest BCUT2D eigenvalue weighted by molar-refractivity contribution is 6.00. The molecule has 1 aromatic carbocycles. The Morgan fingerprint density at radius 1 is 1.40 bits per heavy atom. The molecule has 1 heterocycles. The lowest BCUT2D eigenvalue weighted by Crippen LogP contribution is -2.38. The maximum absolute atomic E-state index is 12.2. The summed E-state index contributed by atoms with van der Waals surface area (Å²) < 4.78 is 5.14. The van der Waals surface area contributed by atoms with Crippen LogP contribution in [0.5, 0.6) is 0 Å². The Hall–Kier alpha value is -1.85. The molecular weight excluding hydrogens is 278 g/mol. The van der Waals surface area contributed by atoms with E-state index in [2.05, 4.69) is 10.5 Å². The summed E-state index contributed by atoms with van der Waals surface area (Å²) in [7, 11) is 0. The molecule has 0 aliphatic heterocycles. The van der Waals surface area contributed by atoms with Gasteiger partial charge in [0.05, 0.1) is 0 Å². The first-order chi connectivity index (χ1) is 9.13. The van der Waals surface area contributed by atoms with Crippen LogP contribution in [0.3, 0.4) is 0 Å². The minimum absolute atomic E-state index is 0. The van der Waals surface area contributed by atoms with E-state index in [4.69, 9.17) is 10.3 Å². The molecule has 0 bridgehead atoms. The van der Waals surface area contributed by atoms with Gasteiger partial charge in [0.2, 0.25) is 0 Å². The maximum Gasteiger partial charge on any atom is 0.257 e. The van der Waals surface area contributed by atoms with Gasteiger partial charge in [-0.15, -0.1) is 12.4 Å². The van der Waals surface area contributed by atoms with Crippen LogP contribution in [0.4, 0.5) is 0 Å². The zero-order valence-electron chi connectivity index (χ0n) is 11.4. The van der Waals surface area contributed by atoms with E-state index in [1.807, 2.05) is 37.3 Å². The first kappa shape index (κ1) is 16.2. The van der Waals surface area contributed by atoms with Crippen LogP contribution in [0.15, 0.2) is 34.9 Å². The largest absolute Gasteiger partial charge is 0.360 e. The van der Waals surface area contributed by atoms with E-state index in [1.54, 1.807) is 6.92 Å². The predicted octanol–water partition coefficient (Wildman–Crippen LogP) is 2.15. The van der Waals surface area contributed by atoms with Crippen LogP contribution in [0.1, 0.15) is 23.0 Å². The second-order valence-corrected chi connectivity index (χ2v) is 4.44. The van der Waals surface area contributed by atoms with E-state index in [0.717, 1.165) is 5.56 Å². The van der Waals surface area contributed by atoms with Gasteiger partial charge in [-0.05, 0) is 13.8 Å². The molecule has 0 aliphatic rings. The summed E-state index contributed by atoms with van der Waals surface area (Å²) in [6.07, 6.45) is 0. The van der Waals surface area contributed by atoms with Crippen LogP contribution in [0.25, 0.3) is 11.3 Å². The minimum Gasteiger partial charge on any atom is -0.360 e. The average Bonchev–Trinajstić information content (AvgIpc) is 2.81. The average molecular weight is 296 g/mol. The summed E-state index contributed by atoms with van der Waals surface area (Å²) in [5, 5.41) is 6.79. The summed E-state index contributed by atoms with van der Waals surface area (Å²) in [6.45, 7) is 3.96. The number of nitrogens with zero attached hydrogens (tertiary/aromatic N) is 1. The number of aryl methyl sites for hydroxylation is 1. The lowest BCUT2D eigenvalue weighted by molar-refractivity contribution is 0.0940. The van der Waals surface area contributed by atoms with Gasteiger partial charge in [0, 0.05) is 18.2 Å². The van der Waals surface area contributed by atoms with Crippen molar-refractivity contribution in [2.75, 3.05) is 6.54 Å². The van der Waals surface area contributed by atoms with Crippen molar-refractivity contribution in [3.05, 3.63) is 41.7 Å². The second kappa shape index (κ2) is 7.07. The van der Waals surface area contributed by atoms with Crippen LogP contribution in [0.2, 0.25) is 0 Å². The molecule has 1 aromatic heterocycles. The van der Waals surface area contributed by atoms with E-state index in [1.165, 1.54) is 0 Å². The number of hydrogen-bond donors (Lipinski definition) is 2. The molecule has 0 aliphatic carbocycles. The first-order valence-corrected chi connectivity index (χ1v) is 6.16. The monoisotopic (exact) mass is 295 g/mol. The summed E-state index contributed by atoms with van der Waals surface area (Å²) in [5.74, 6) is 0.288. The van der Waals surface area contributed by atoms with Crippen LogP contribution < -0.4 is 11.1 Å². The Balaban J connectivity index is 0.00000200. The van der Waals surface area contributed by atoms with Crippen molar-refractivity contribution in [2.24, 2.45) is 5.73 Å². The zero-order valence-corrected chi connectivity index (χ0v) is 12.2. The molecule has 0 saturated heterocycles. The van der Waals surface area contributed by atoms with E-state index < -0.39 is 0 Å². The van der Waals surface area contributed by atoms with Crippen molar-refractivity contribution >= 4 is 18.3 Å². The summed E-state index contributed by atoms with van der Waals surface area (Å²) in [6, 6.07) is 9.38. The third-order valence-electron chi connectivity index (χ3n) is 2.87. The van der Waals surface area contributed by atoms with Gasteiger partial charge in [-0.3, -0.25) is 4.79 Å². The van der Waals surface area contributed by atoms with Gasteiger partial charge < -0.3 is 15.6 Å². The molecule has 1 atom stereocenters. The SMILES string of the molecule is Cc1onc(-c2ccccc2)c1C(=O)N[C@@H](C)CN.Cl. The van der Waals surface area contributed by atoms with Crippen molar-refractivity contribution in [3.8, 4) is 11.3 Å². The van der Waals surface area contributed by atoms with E-state index >= 15 is 0 Å². The zero-order chi connectivity index (χ0) is 13.8. The van der Waals surface area contributed by atoms with Gasteiger partial charge in [0.25, 0.3) is 5.91 Å². The number of rotatable bonds is 4. The Labute approximate surface area is 123 Å². The smallest absolute Gasteiger partial charge is 0.257 e. The fourth-order valence-corrected chi connectivity index (χ4v) is 1.79. The van der Waals surface area contributed by atoms with Crippen LogP contribution in [0, 0.1) is 6.92 Å². The van der Waals surface area contributed by atoms with Gasteiger partial charge in [0.1, 0.15) is 17.0 Å². The van der Waals surface area contributed by atoms with Crippen LogP contribution in [-0.2, 0) is 0 Å². The number of nitrogens with one attached hydrogen (secondary N) is 1. The molecule has 6 heteroatoms. The number of benzene rings is 1. The van der Waals surface area contributed by atoms with Gasteiger partial charge in [0.15, 0.2) is 0 Å². The van der Waals surface area contributed by atoms with Crippen LogP contribution >= 0.6 is 12.4 Å². The number of halogens is 1. The number of carbonyl (C=O) groups is 1. The van der Waals surface area contributed by atoms with E-state index in [0.29, 0.717) is 23.6 Å². The topological polar surface area (TPSA) is 81.2 Å². The summed E-state index contributed by atoms with van der Waals surface area (Å²) in [4.78, 5) is 12.2. The third-order valence-corrected chi connectivity index (χ3v) is 2.87.